The van der Waals surface area contributed by atoms with E-state index >= 15 is 0 Å². The average molecular weight is 471 g/mol. The van der Waals surface area contributed by atoms with Gasteiger partial charge in [0, 0.05) is 19.2 Å². The minimum Gasteiger partial charge on any atom is -0.492 e. The summed E-state index contributed by atoms with van der Waals surface area (Å²) >= 11 is 0. The molecule has 0 saturated carbocycles. The molecule has 0 unspecified atom stereocenters. The van der Waals surface area contributed by atoms with E-state index in [1.807, 2.05) is 0 Å². The minimum absolute atomic E-state index is 0.0454. The number of halogens is 3. The van der Waals surface area contributed by atoms with Crippen LogP contribution in [0.1, 0.15) is 26.3 Å². The largest absolute Gasteiger partial charge is 0.492 e. The van der Waals surface area contributed by atoms with E-state index in [2.05, 4.69) is 5.32 Å². The molecule has 0 aromatic heterocycles. The van der Waals surface area contributed by atoms with Gasteiger partial charge in [-0.3, -0.25) is 4.79 Å². The number of carbonyl (C=O) groups excluding carboxylic acids is 1. The van der Waals surface area contributed by atoms with Gasteiger partial charge in [0.2, 0.25) is 15.9 Å². The van der Waals surface area contributed by atoms with Gasteiger partial charge in [0.1, 0.15) is 5.75 Å². The second kappa shape index (κ2) is 10.6. The van der Waals surface area contributed by atoms with E-state index in [-0.39, 0.29) is 41.6 Å². The molecule has 0 bridgehead atoms. The Labute approximate surface area is 185 Å². The Morgan fingerprint density at radius 3 is 2.22 bits per heavy atom. The van der Waals surface area contributed by atoms with Crippen LogP contribution in [-0.2, 0) is 14.8 Å². The molecule has 0 saturated heterocycles. The maximum atomic E-state index is 13.5. The Hall–Kier alpha value is -2.85. The first kappa shape index (κ1) is 25.4. The van der Waals surface area contributed by atoms with E-state index in [9.17, 15) is 26.4 Å². The van der Waals surface area contributed by atoms with Crippen LogP contribution in [0.2, 0.25) is 0 Å². The summed E-state index contributed by atoms with van der Waals surface area (Å²) in [5.41, 5.74) is -1.34. The van der Waals surface area contributed by atoms with E-state index in [4.69, 9.17) is 4.74 Å². The van der Waals surface area contributed by atoms with Gasteiger partial charge in [0.25, 0.3) is 0 Å². The fraction of sp³-hybridized carbons (Fsp3) is 0.318. The zero-order valence-electron chi connectivity index (χ0n) is 17.9. The Bertz CT molecular complexity index is 1060. The van der Waals surface area contributed by atoms with E-state index in [1.54, 1.807) is 26.8 Å². The van der Waals surface area contributed by atoms with Crippen molar-refractivity contribution in [1.82, 2.24) is 4.31 Å². The predicted molar refractivity (Wildman–Crippen MR) is 117 cm³/mol. The maximum Gasteiger partial charge on any atom is 0.417 e. The third kappa shape index (κ3) is 6.10. The highest BCUT2D eigenvalue weighted by molar-refractivity contribution is 7.89. The van der Waals surface area contributed by atoms with E-state index in [0.717, 1.165) is 0 Å². The van der Waals surface area contributed by atoms with E-state index in [1.165, 1.54) is 46.8 Å². The number of allylic oxidation sites excluding steroid dienone is 1. The number of alkyl halides is 3. The van der Waals surface area contributed by atoms with Crippen molar-refractivity contribution in [2.75, 3.05) is 25.0 Å². The maximum absolute atomic E-state index is 13.5. The summed E-state index contributed by atoms with van der Waals surface area (Å²) in [7, 11) is -3.85. The molecule has 1 N–H and O–H groups in total. The van der Waals surface area contributed by atoms with Crippen molar-refractivity contribution >= 4 is 27.2 Å². The number of sulfonamides is 1. The molecule has 2 rings (SSSR count). The molecule has 0 aliphatic heterocycles. The summed E-state index contributed by atoms with van der Waals surface area (Å²) in [4.78, 5) is 12.4. The van der Waals surface area contributed by atoms with Gasteiger partial charge in [-0.05, 0) is 30.7 Å². The van der Waals surface area contributed by atoms with Crippen molar-refractivity contribution in [1.29, 1.82) is 0 Å². The number of rotatable bonds is 9. The van der Waals surface area contributed by atoms with Crippen LogP contribution < -0.4 is 10.1 Å². The lowest BCUT2D eigenvalue weighted by Crippen LogP contribution is -2.30. The number of hydrogen-bond acceptors (Lipinski definition) is 4. The van der Waals surface area contributed by atoms with Gasteiger partial charge in [0.05, 0.1) is 22.8 Å². The van der Waals surface area contributed by atoms with Crippen LogP contribution in [0.5, 0.6) is 5.75 Å². The number of anilines is 1. The van der Waals surface area contributed by atoms with Crippen molar-refractivity contribution in [2.45, 2.75) is 31.8 Å². The third-order valence-electron chi connectivity index (χ3n) is 4.52. The van der Waals surface area contributed by atoms with Crippen LogP contribution in [0.15, 0.2) is 59.5 Å². The zero-order valence-corrected chi connectivity index (χ0v) is 18.8. The fourth-order valence-corrected chi connectivity index (χ4v) is 4.49. The van der Waals surface area contributed by atoms with Gasteiger partial charge in [-0.25, -0.2) is 8.42 Å². The lowest BCUT2D eigenvalue weighted by Gasteiger charge is -2.20. The number of amides is 1. The second-order valence-electron chi connectivity index (χ2n) is 6.59. The molecule has 0 radical (unpaired) electrons. The Balaban J connectivity index is 2.47. The van der Waals surface area contributed by atoms with Crippen molar-refractivity contribution < 1.29 is 31.1 Å². The van der Waals surface area contributed by atoms with Crippen molar-refractivity contribution in [3.8, 4) is 5.75 Å². The molecule has 0 aliphatic carbocycles. The second-order valence-corrected chi connectivity index (χ2v) is 8.53. The SMILES string of the molecule is CCOc1ccc(S(=O)(=O)N(CC)CC)cc1NC(=O)/C=C(/c1ccccc1)C(F)(F)F. The average Bonchev–Trinajstić information content (AvgIpc) is 2.74. The molecular weight excluding hydrogens is 445 g/mol. The first-order valence-corrected chi connectivity index (χ1v) is 11.4. The van der Waals surface area contributed by atoms with Crippen molar-refractivity contribution in [3.05, 3.63) is 60.2 Å². The van der Waals surface area contributed by atoms with Gasteiger partial charge in [0.15, 0.2) is 0 Å². The van der Waals surface area contributed by atoms with Gasteiger partial charge in [-0.15, -0.1) is 0 Å². The lowest BCUT2D eigenvalue weighted by molar-refractivity contribution is -0.112. The van der Waals surface area contributed by atoms with E-state index < -0.39 is 27.7 Å². The molecular formula is C22H25F3N2O4S. The van der Waals surface area contributed by atoms with Crippen LogP contribution in [0.3, 0.4) is 0 Å². The number of nitrogens with zero attached hydrogens (tertiary/aromatic N) is 1. The quantitative estimate of drug-likeness (QED) is 0.539. The van der Waals surface area contributed by atoms with Crippen molar-refractivity contribution in [3.63, 3.8) is 0 Å². The first-order chi connectivity index (χ1) is 15.0. The standard InChI is InChI=1S/C22H25F3N2O4S/c1-4-27(5-2)32(29,30)17-12-13-20(31-6-3)19(14-17)26-21(28)15-18(22(23,24)25)16-10-8-7-9-11-16/h7-15H,4-6H2,1-3H3,(H,26,28)/b18-15-. The zero-order chi connectivity index (χ0) is 23.9. The van der Waals surface area contributed by atoms with Gasteiger partial charge in [-0.1, -0.05) is 44.2 Å². The number of benzene rings is 2. The summed E-state index contributed by atoms with van der Waals surface area (Å²) in [5, 5.41) is 2.33. The molecule has 32 heavy (non-hydrogen) atoms. The highest BCUT2D eigenvalue weighted by atomic mass is 32.2. The summed E-state index contributed by atoms with van der Waals surface area (Å²) < 4.78 is 72.9. The Morgan fingerprint density at radius 1 is 1.06 bits per heavy atom. The highest BCUT2D eigenvalue weighted by Gasteiger charge is 2.35. The van der Waals surface area contributed by atoms with E-state index in [0.29, 0.717) is 6.08 Å². The van der Waals surface area contributed by atoms with Crippen LogP contribution in [-0.4, -0.2) is 44.5 Å². The summed E-state index contributed by atoms with van der Waals surface area (Å²) in [6, 6.07) is 10.8. The Morgan fingerprint density at radius 2 is 1.69 bits per heavy atom. The first-order valence-electron chi connectivity index (χ1n) is 9.96. The summed E-state index contributed by atoms with van der Waals surface area (Å²) in [5.74, 6) is -0.930. The van der Waals surface area contributed by atoms with Crippen molar-refractivity contribution in [2.24, 2.45) is 0 Å². The molecule has 1 amide bonds. The van der Waals surface area contributed by atoms with Gasteiger partial charge < -0.3 is 10.1 Å². The molecule has 0 atom stereocenters. The van der Waals surface area contributed by atoms with Crippen LogP contribution in [0, 0.1) is 0 Å². The van der Waals surface area contributed by atoms with Crippen LogP contribution >= 0.6 is 0 Å². The summed E-state index contributed by atoms with van der Waals surface area (Å²) in [6.07, 6.45) is -4.33. The number of carbonyl (C=O) groups is 1. The molecule has 6 nitrogen and oxygen atoms in total. The smallest absolute Gasteiger partial charge is 0.417 e. The lowest BCUT2D eigenvalue weighted by atomic mass is 10.1. The Kier molecular flexibility index (Phi) is 8.45. The molecule has 10 heteroatoms. The predicted octanol–water partition coefficient (Wildman–Crippen LogP) is 4.70. The third-order valence-corrected chi connectivity index (χ3v) is 6.56. The molecule has 2 aromatic carbocycles. The highest BCUT2D eigenvalue weighted by Crippen LogP contribution is 2.34. The normalized spacial score (nSPS) is 12.7. The van der Waals surface area contributed by atoms with Gasteiger partial charge in [-0.2, -0.15) is 17.5 Å². The molecule has 174 valence electrons. The van der Waals surface area contributed by atoms with Crippen LogP contribution in [0.4, 0.5) is 18.9 Å². The molecule has 0 heterocycles. The monoisotopic (exact) mass is 470 g/mol. The fourth-order valence-electron chi connectivity index (χ4n) is 3.01. The van der Waals surface area contributed by atoms with Crippen LogP contribution in [0.25, 0.3) is 5.57 Å². The number of ether oxygens (including phenoxy) is 1. The molecule has 2 aromatic rings. The minimum atomic E-state index is -4.77. The number of hydrogen-bond donors (Lipinski definition) is 1. The van der Waals surface area contributed by atoms with Gasteiger partial charge >= 0.3 is 6.18 Å². The molecule has 0 spiro atoms. The molecule has 0 fully saturated rings. The summed E-state index contributed by atoms with van der Waals surface area (Å²) in [6.45, 7) is 5.74. The molecule has 0 aliphatic rings. The topological polar surface area (TPSA) is 75.7 Å². The number of nitrogens with one attached hydrogen (secondary N) is 1.